The average Bonchev–Trinajstić information content (AvgIpc) is 2.41. The number of methoxy groups -OCH3 is 1. The van der Waals surface area contributed by atoms with Gasteiger partial charge in [-0.2, -0.15) is 0 Å². The van der Waals surface area contributed by atoms with Gasteiger partial charge in [-0.3, -0.25) is 0 Å². The van der Waals surface area contributed by atoms with Crippen molar-refractivity contribution < 1.29 is 9.53 Å². The highest BCUT2D eigenvalue weighted by atomic mass is 35.5. The summed E-state index contributed by atoms with van der Waals surface area (Å²) in [6.07, 6.45) is 0. The molecule has 0 unspecified atom stereocenters. The number of benzene rings is 1. The van der Waals surface area contributed by atoms with Gasteiger partial charge in [0.25, 0.3) is 0 Å². The molecule has 0 atom stereocenters. The number of rotatable bonds is 2. The van der Waals surface area contributed by atoms with Crippen molar-refractivity contribution in [3.05, 3.63) is 51.2 Å². The molecule has 0 aliphatic carbocycles. The highest BCUT2D eigenvalue weighted by Gasteiger charge is 2.18. The average molecular weight is 317 g/mol. The second-order valence-corrected chi connectivity index (χ2v) is 4.88. The minimum absolute atomic E-state index is 0.0965. The highest BCUT2D eigenvalue weighted by molar-refractivity contribution is 6.35. The van der Waals surface area contributed by atoms with Gasteiger partial charge in [-0.15, -0.1) is 0 Å². The number of esters is 1. The number of carbonyl (C=O) groups is 1. The van der Waals surface area contributed by atoms with Gasteiger partial charge in [-0.05, 0) is 30.3 Å². The molecule has 2 rings (SSSR count). The number of halogens is 3. The van der Waals surface area contributed by atoms with Crippen molar-refractivity contribution in [1.29, 1.82) is 0 Å². The summed E-state index contributed by atoms with van der Waals surface area (Å²) < 4.78 is 4.69. The molecule has 3 nitrogen and oxygen atoms in total. The van der Waals surface area contributed by atoms with Crippen LogP contribution < -0.4 is 0 Å². The van der Waals surface area contributed by atoms with Crippen molar-refractivity contribution >= 4 is 40.8 Å². The Balaban J connectivity index is 2.68. The lowest BCUT2D eigenvalue weighted by molar-refractivity contribution is 0.0595. The van der Waals surface area contributed by atoms with Crippen LogP contribution in [0.5, 0.6) is 0 Å². The number of nitrogens with zero attached hydrogens (tertiary/aromatic N) is 1. The molecular weight excluding hydrogens is 309 g/mol. The molecule has 0 aliphatic rings. The van der Waals surface area contributed by atoms with Crippen molar-refractivity contribution in [2.24, 2.45) is 0 Å². The molecule has 0 amide bonds. The van der Waals surface area contributed by atoms with Gasteiger partial charge in [0.05, 0.1) is 7.11 Å². The summed E-state index contributed by atoms with van der Waals surface area (Å²) in [5, 5.41) is 1.16. The third kappa shape index (κ3) is 3.00. The Kier molecular flexibility index (Phi) is 4.30. The molecule has 0 spiro atoms. The molecule has 0 fully saturated rings. The van der Waals surface area contributed by atoms with E-state index in [-0.39, 0.29) is 10.8 Å². The Hall–Kier alpha value is -1.29. The zero-order valence-electron chi connectivity index (χ0n) is 9.78. The van der Waals surface area contributed by atoms with Crippen molar-refractivity contribution in [1.82, 2.24) is 4.98 Å². The summed E-state index contributed by atoms with van der Waals surface area (Å²) in [5.74, 6) is -0.589. The van der Waals surface area contributed by atoms with Crippen LogP contribution in [0.15, 0.2) is 30.3 Å². The summed E-state index contributed by atoms with van der Waals surface area (Å²) in [6.45, 7) is 0. The van der Waals surface area contributed by atoms with Gasteiger partial charge in [0.1, 0.15) is 5.15 Å². The lowest BCUT2D eigenvalue weighted by Crippen LogP contribution is -2.07. The third-order valence-corrected chi connectivity index (χ3v) is 3.23. The standard InChI is InChI=1S/C13H8Cl3NO2/c1-19-13(18)12-8(3-5-11(16)17-12)9-6-7(14)2-4-10(9)15/h2-6H,1H3. The Morgan fingerprint density at radius 3 is 2.53 bits per heavy atom. The molecule has 0 saturated carbocycles. The number of hydrogen-bond donors (Lipinski definition) is 0. The molecule has 98 valence electrons. The minimum Gasteiger partial charge on any atom is -0.464 e. The van der Waals surface area contributed by atoms with Crippen LogP contribution in [-0.2, 0) is 4.74 Å². The van der Waals surface area contributed by atoms with Crippen molar-refractivity contribution in [3.8, 4) is 11.1 Å². The summed E-state index contributed by atoms with van der Waals surface area (Å²) in [4.78, 5) is 15.7. The number of hydrogen-bond acceptors (Lipinski definition) is 3. The SMILES string of the molecule is COC(=O)c1nc(Cl)ccc1-c1cc(Cl)ccc1Cl. The zero-order valence-corrected chi connectivity index (χ0v) is 12.1. The first-order valence-electron chi connectivity index (χ1n) is 5.23. The lowest BCUT2D eigenvalue weighted by atomic mass is 10.0. The number of pyridine rings is 1. The Bertz CT molecular complexity index is 644. The van der Waals surface area contributed by atoms with Gasteiger partial charge in [0.2, 0.25) is 0 Å². The monoisotopic (exact) mass is 315 g/mol. The van der Waals surface area contributed by atoms with E-state index >= 15 is 0 Å². The maximum atomic E-state index is 11.7. The fourth-order valence-electron chi connectivity index (χ4n) is 1.61. The Labute approximate surface area is 125 Å². The van der Waals surface area contributed by atoms with Crippen molar-refractivity contribution in [2.75, 3.05) is 7.11 Å². The molecule has 1 heterocycles. The molecule has 0 saturated heterocycles. The number of aromatic nitrogens is 1. The van der Waals surface area contributed by atoms with Crippen LogP contribution in [0.4, 0.5) is 0 Å². The second-order valence-electron chi connectivity index (χ2n) is 3.65. The van der Waals surface area contributed by atoms with E-state index < -0.39 is 5.97 Å². The van der Waals surface area contributed by atoms with E-state index in [9.17, 15) is 4.79 Å². The van der Waals surface area contributed by atoms with Crippen LogP contribution >= 0.6 is 34.8 Å². The molecule has 0 bridgehead atoms. The summed E-state index contributed by atoms with van der Waals surface area (Å²) >= 11 is 17.9. The predicted molar refractivity (Wildman–Crippen MR) is 76.0 cm³/mol. The van der Waals surface area contributed by atoms with Crippen LogP contribution in [-0.4, -0.2) is 18.1 Å². The van der Waals surface area contributed by atoms with E-state index in [2.05, 4.69) is 9.72 Å². The summed E-state index contributed by atoms with van der Waals surface area (Å²) in [5.41, 5.74) is 1.21. The normalized spacial score (nSPS) is 10.3. The number of carbonyl (C=O) groups excluding carboxylic acids is 1. The van der Waals surface area contributed by atoms with Crippen molar-refractivity contribution in [2.45, 2.75) is 0 Å². The smallest absolute Gasteiger partial charge is 0.357 e. The quantitative estimate of drug-likeness (QED) is 0.605. The van der Waals surface area contributed by atoms with Gasteiger partial charge >= 0.3 is 5.97 Å². The van der Waals surface area contributed by atoms with E-state index in [0.717, 1.165) is 0 Å². The van der Waals surface area contributed by atoms with Crippen LogP contribution in [0.2, 0.25) is 15.2 Å². The first-order chi connectivity index (χ1) is 9.02. The maximum absolute atomic E-state index is 11.7. The maximum Gasteiger partial charge on any atom is 0.357 e. The summed E-state index contributed by atoms with van der Waals surface area (Å²) in [7, 11) is 1.27. The van der Waals surface area contributed by atoms with Gasteiger partial charge in [0.15, 0.2) is 5.69 Å². The van der Waals surface area contributed by atoms with Gasteiger partial charge in [-0.1, -0.05) is 34.8 Å². The van der Waals surface area contributed by atoms with Crippen LogP contribution in [0.25, 0.3) is 11.1 Å². The van der Waals surface area contributed by atoms with E-state index in [1.54, 1.807) is 30.3 Å². The van der Waals surface area contributed by atoms with Gasteiger partial charge < -0.3 is 4.74 Å². The summed E-state index contributed by atoms with van der Waals surface area (Å²) in [6, 6.07) is 8.18. The molecule has 19 heavy (non-hydrogen) atoms. The first kappa shape index (κ1) is 14.1. The number of ether oxygens (including phenoxy) is 1. The zero-order chi connectivity index (χ0) is 14.0. The van der Waals surface area contributed by atoms with E-state index in [0.29, 0.717) is 21.2 Å². The molecule has 0 N–H and O–H groups in total. The van der Waals surface area contributed by atoms with Crippen molar-refractivity contribution in [3.63, 3.8) is 0 Å². The van der Waals surface area contributed by atoms with Crippen LogP contribution in [0, 0.1) is 0 Å². The highest BCUT2D eigenvalue weighted by Crippen LogP contribution is 2.33. The van der Waals surface area contributed by atoms with Crippen LogP contribution in [0.3, 0.4) is 0 Å². The lowest BCUT2D eigenvalue weighted by Gasteiger charge is -2.09. The molecule has 2 aromatic rings. The fraction of sp³-hybridized carbons (Fsp3) is 0.0769. The minimum atomic E-state index is -0.589. The Morgan fingerprint density at radius 1 is 1.11 bits per heavy atom. The third-order valence-electron chi connectivity index (χ3n) is 2.46. The molecule has 6 heteroatoms. The molecule has 1 aromatic heterocycles. The largest absolute Gasteiger partial charge is 0.464 e. The van der Waals surface area contributed by atoms with Gasteiger partial charge in [0, 0.05) is 21.2 Å². The molecular formula is C13H8Cl3NO2. The van der Waals surface area contributed by atoms with Gasteiger partial charge in [-0.25, -0.2) is 9.78 Å². The van der Waals surface area contributed by atoms with Crippen LogP contribution in [0.1, 0.15) is 10.5 Å². The topological polar surface area (TPSA) is 39.2 Å². The Morgan fingerprint density at radius 2 is 1.84 bits per heavy atom. The molecule has 1 aromatic carbocycles. The van der Waals surface area contributed by atoms with E-state index in [1.165, 1.54) is 7.11 Å². The second kappa shape index (κ2) is 5.78. The fourth-order valence-corrected chi connectivity index (χ4v) is 2.15. The van der Waals surface area contributed by atoms with E-state index in [1.807, 2.05) is 0 Å². The molecule has 0 radical (unpaired) electrons. The predicted octanol–water partition coefficient (Wildman–Crippen LogP) is 4.50. The molecule has 0 aliphatic heterocycles. The first-order valence-corrected chi connectivity index (χ1v) is 6.36. The van der Waals surface area contributed by atoms with E-state index in [4.69, 9.17) is 34.8 Å².